The van der Waals surface area contributed by atoms with E-state index in [-0.39, 0.29) is 12.2 Å². The number of methoxy groups -OCH3 is 1. The van der Waals surface area contributed by atoms with E-state index in [2.05, 4.69) is 9.56 Å². The predicted octanol–water partition coefficient (Wildman–Crippen LogP) is 5.02. The number of hydrogen-bond donors (Lipinski definition) is 0. The molecule has 10 heteroatoms. The third-order valence-electron chi connectivity index (χ3n) is 7.66. The van der Waals surface area contributed by atoms with Gasteiger partial charge in [0.1, 0.15) is 0 Å². The summed E-state index contributed by atoms with van der Waals surface area (Å²) in [6.07, 6.45) is 3.87. The first kappa shape index (κ1) is 30.3. The van der Waals surface area contributed by atoms with Crippen molar-refractivity contribution in [1.29, 1.82) is 0 Å². The van der Waals surface area contributed by atoms with E-state index < -0.39 is 18.0 Å². The van der Waals surface area contributed by atoms with E-state index in [1.54, 1.807) is 36.2 Å². The average Bonchev–Trinajstić information content (AvgIpc) is 3.45. The summed E-state index contributed by atoms with van der Waals surface area (Å²) in [5.74, 6) is -0.872. The molecule has 0 saturated carbocycles. The zero-order valence-electron chi connectivity index (χ0n) is 25.2. The molecule has 0 bridgehead atoms. The molecule has 1 aliphatic rings. The molecule has 4 aromatic rings. The van der Waals surface area contributed by atoms with Crippen LogP contribution >= 0.6 is 23.1 Å². The third kappa shape index (κ3) is 5.41. The van der Waals surface area contributed by atoms with Crippen molar-refractivity contribution in [2.24, 2.45) is 4.99 Å². The zero-order chi connectivity index (χ0) is 31.0. The molecule has 0 unspecified atom stereocenters. The number of ether oxygens (including phenoxy) is 2. The summed E-state index contributed by atoms with van der Waals surface area (Å²) in [5.41, 5.74) is 6.37. The number of carbonyl (C=O) groups is 2. The van der Waals surface area contributed by atoms with Gasteiger partial charge in [0, 0.05) is 22.0 Å². The molecule has 2 aromatic carbocycles. The molecule has 0 fully saturated rings. The summed E-state index contributed by atoms with van der Waals surface area (Å²) in [6.45, 7) is 9.63. The molecule has 2 aromatic heterocycles. The topological polar surface area (TPSA) is 91.9 Å². The van der Waals surface area contributed by atoms with Gasteiger partial charge in [-0.2, -0.15) is 0 Å². The Kier molecular flexibility index (Phi) is 8.62. The van der Waals surface area contributed by atoms with E-state index >= 15 is 0 Å². The number of rotatable bonds is 7. The van der Waals surface area contributed by atoms with Gasteiger partial charge in [0.2, 0.25) is 0 Å². The molecular formula is C33H33N3O5S2. The first-order valence-corrected chi connectivity index (χ1v) is 15.9. The molecule has 5 rings (SSSR count). The van der Waals surface area contributed by atoms with Gasteiger partial charge in [-0.15, -0.1) is 11.8 Å². The number of carbonyl (C=O) groups excluding carboxylic acids is 2. The second kappa shape index (κ2) is 12.2. The van der Waals surface area contributed by atoms with Crippen molar-refractivity contribution in [3.8, 4) is 5.69 Å². The Morgan fingerprint density at radius 3 is 2.44 bits per heavy atom. The summed E-state index contributed by atoms with van der Waals surface area (Å²) in [7, 11) is 1.37. The number of allylic oxidation sites excluding steroid dienone is 1. The number of esters is 2. The van der Waals surface area contributed by atoms with Crippen molar-refractivity contribution < 1.29 is 19.1 Å². The maximum atomic E-state index is 14.1. The van der Waals surface area contributed by atoms with Crippen LogP contribution in [-0.2, 0) is 14.3 Å². The summed E-state index contributed by atoms with van der Waals surface area (Å²) in [6, 6.07) is 14.8. The number of aromatic nitrogens is 2. The van der Waals surface area contributed by atoms with Crippen molar-refractivity contribution in [2.45, 2.75) is 45.6 Å². The quantitative estimate of drug-likeness (QED) is 0.214. The molecule has 0 saturated heterocycles. The lowest BCUT2D eigenvalue weighted by atomic mass is 9.96. The smallest absolute Gasteiger partial charge is 0.338 e. The molecule has 0 N–H and O–H groups in total. The van der Waals surface area contributed by atoms with E-state index in [0.717, 1.165) is 38.7 Å². The van der Waals surface area contributed by atoms with Gasteiger partial charge in [-0.1, -0.05) is 29.5 Å². The number of thioether (sulfide) groups is 1. The Morgan fingerprint density at radius 2 is 1.79 bits per heavy atom. The average molecular weight is 616 g/mol. The van der Waals surface area contributed by atoms with Crippen LogP contribution in [0.3, 0.4) is 0 Å². The van der Waals surface area contributed by atoms with E-state index in [0.29, 0.717) is 26.2 Å². The first-order valence-electron chi connectivity index (χ1n) is 13.8. The minimum Gasteiger partial charge on any atom is -0.465 e. The van der Waals surface area contributed by atoms with Crippen LogP contribution in [-0.4, -0.2) is 41.0 Å². The van der Waals surface area contributed by atoms with E-state index in [9.17, 15) is 14.4 Å². The molecule has 43 heavy (non-hydrogen) atoms. The van der Waals surface area contributed by atoms with Gasteiger partial charge in [-0.3, -0.25) is 9.36 Å². The van der Waals surface area contributed by atoms with Crippen molar-refractivity contribution in [3.05, 3.63) is 113 Å². The second-order valence-electron chi connectivity index (χ2n) is 10.2. The van der Waals surface area contributed by atoms with Crippen LogP contribution in [0.5, 0.6) is 0 Å². The van der Waals surface area contributed by atoms with Crippen LogP contribution in [0.25, 0.3) is 11.8 Å². The van der Waals surface area contributed by atoms with Gasteiger partial charge >= 0.3 is 11.9 Å². The summed E-state index contributed by atoms with van der Waals surface area (Å²) in [4.78, 5) is 45.9. The number of aryl methyl sites for hydroxylation is 1. The lowest BCUT2D eigenvalue weighted by Gasteiger charge is -2.24. The van der Waals surface area contributed by atoms with Crippen molar-refractivity contribution in [1.82, 2.24) is 9.13 Å². The number of thiazole rings is 1. The molecule has 0 spiro atoms. The molecule has 0 amide bonds. The normalized spacial score (nSPS) is 14.9. The van der Waals surface area contributed by atoms with Gasteiger partial charge in [0.25, 0.3) is 5.56 Å². The molecule has 222 valence electrons. The van der Waals surface area contributed by atoms with Crippen LogP contribution in [0.4, 0.5) is 0 Å². The highest BCUT2D eigenvalue weighted by Gasteiger charge is 2.33. The Bertz CT molecular complexity index is 1960. The summed E-state index contributed by atoms with van der Waals surface area (Å²) < 4.78 is 14.6. The maximum Gasteiger partial charge on any atom is 0.338 e. The monoisotopic (exact) mass is 615 g/mol. The van der Waals surface area contributed by atoms with Crippen molar-refractivity contribution >= 4 is 41.1 Å². The van der Waals surface area contributed by atoms with Gasteiger partial charge in [0.15, 0.2) is 4.80 Å². The van der Waals surface area contributed by atoms with Crippen LogP contribution in [0.1, 0.15) is 58.3 Å². The first-order chi connectivity index (χ1) is 20.6. The standard InChI is InChI=1S/C33H33N3O5S2/c1-8-41-32(39)28-20(4)34-33-36(29(28)22-12-14-24(42-7)15-13-22)30(37)27(43-33)17-23-16-18(2)35(21(23)5)26-11-9-10-25(19(26)3)31(38)40-6/h9-17,29H,8H2,1-7H3/b27-17+/t29-/m1/s1. The molecule has 0 aliphatic carbocycles. The highest BCUT2D eigenvalue weighted by Crippen LogP contribution is 2.32. The number of fused-ring (bicyclic) bond motifs is 1. The highest BCUT2D eigenvalue weighted by molar-refractivity contribution is 7.98. The summed E-state index contributed by atoms with van der Waals surface area (Å²) in [5, 5.41) is 0. The largest absolute Gasteiger partial charge is 0.465 e. The van der Waals surface area contributed by atoms with Crippen molar-refractivity contribution in [3.63, 3.8) is 0 Å². The zero-order valence-corrected chi connectivity index (χ0v) is 26.8. The molecule has 1 aliphatic heterocycles. The molecule has 3 heterocycles. The minimum absolute atomic E-state index is 0.218. The Labute approximate surface area is 258 Å². The van der Waals surface area contributed by atoms with Crippen LogP contribution in [0.15, 0.2) is 74.5 Å². The number of hydrogen-bond acceptors (Lipinski definition) is 8. The number of nitrogens with zero attached hydrogens (tertiary/aromatic N) is 3. The maximum absolute atomic E-state index is 14.1. The molecule has 0 radical (unpaired) electrons. The van der Waals surface area contributed by atoms with Crippen LogP contribution in [0.2, 0.25) is 0 Å². The van der Waals surface area contributed by atoms with E-state index in [1.165, 1.54) is 18.4 Å². The minimum atomic E-state index is -0.663. The molecular weight excluding hydrogens is 583 g/mol. The number of benzene rings is 2. The fourth-order valence-corrected chi connectivity index (χ4v) is 6.98. The fourth-order valence-electron chi connectivity index (χ4n) is 5.54. The molecule has 1 atom stereocenters. The Hall–Kier alpha value is -4.15. The summed E-state index contributed by atoms with van der Waals surface area (Å²) >= 11 is 2.92. The van der Waals surface area contributed by atoms with Gasteiger partial charge < -0.3 is 14.0 Å². The fraction of sp³-hybridized carbons (Fsp3) is 0.273. The Balaban J connectivity index is 1.67. The SMILES string of the molecule is CCOC(=O)C1=C(C)N=c2s/c(=C/c3cc(C)n(-c4cccc(C(=O)OC)c4C)c3C)c(=O)n2[C@@H]1c1ccc(SC)cc1. The predicted molar refractivity (Wildman–Crippen MR) is 170 cm³/mol. The van der Waals surface area contributed by atoms with Crippen LogP contribution < -0.4 is 14.9 Å². The van der Waals surface area contributed by atoms with Gasteiger partial charge in [-0.05, 0) is 94.0 Å². The lowest BCUT2D eigenvalue weighted by molar-refractivity contribution is -0.139. The lowest BCUT2D eigenvalue weighted by Crippen LogP contribution is -2.39. The van der Waals surface area contributed by atoms with E-state index in [1.807, 2.05) is 75.6 Å². The Morgan fingerprint density at radius 1 is 1.07 bits per heavy atom. The molecule has 8 nitrogen and oxygen atoms in total. The van der Waals surface area contributed by atoms with Gasteiger partial charge in [0.05, 0.1) is 41.1 Å². The van der Waals surface area contributed by atoms with Crippen LogP contribution in [0, 0.1) is 20.8 Å². The van der Waals surface area contributed by atoms with Gasteiger partial charge in [-0.25, -0.2) is 14.6 Å². The highest BCUT2D eigenvalue weighted by atomic mass is 32.2. The second-order valence-corrected chi connectivity index (χ2v) is 12.1. The van der Waals surface area contributed by atoms with E-state index in [4.69, 9.17) is 9.47 Å². The van der Waals surface area contributed by atoms with Crippen molar-refractivity contribution in [2.75, 3.05) is 20.0 Å². The third-order valence-corrected chi connectivity index (χ3v) is 9.38.